The topological polar surface area (TPSA) is 57.1 Å². The lowest BCUT2D eigenvalue weighted by Gasteiger charge is -2.12. The molecule has 0 radical (unpaired) electrons. The molecule has 0 rings (SSSR count). The van der Waals surface area contributed by atoms with Crippen LogP contribution in [0.3, 0.4) is 0 Å². The zero-order valence-corrected chi connectivity index (χ0v) is 8.87. The minimum atomic E-state index is -0.561. The van der Waals surface area contributed by atoms with Crippen molar-refractivity contribution in [2.45, 2.75) is 51.7 Å². The molecule has 0 saturated heterocycles. The zero-order valence-electron chi connectivity index (χ0n) is 8.87. The van der Waals surface area contributed by atoms with E-state index in [1.807, 2.05) is 0 Å². The number of hydrogen-bond donors (Lipinski definition) is 3. The number of rotatable bonds is 8. The molecule has 0 heterocycles. The number of aliphatic hydroxyl groups excluding tert-OH is 2. The van der Waals surface area contributed by atoms with Gasteiger partial charge in [-0.3, -0.25) is 0 Å². The van der Waals surface area contributed by atoms with Gasteiger partial charge in [0.25, 0.3) is 0 Å². The third kappa shape index (κ3) is 8.22. The monoisotopic (exact) mass is 190 g/mol. The van der Waals surface area contributed by atoms with Crippen LogP contribution >= 0.6 is 0 Å². The molecule has 4 N–H and O–H groups in total. The van der Waals surface area contributed by atoms with E-state index >= 15 is 0 Å². The lowest BCUT2D eigenvalue weighted by molar-refractivity contribution is -0.692. The van der Waals surface area contributed by atoms with Gasteiger partial charge in [0.15, 0.2) is 0 Å². The van der Waals surface area contributed by atoms with Crippen LogP contribution in [0, 0.1) is 0 Å². The molecule has 0 amide bonds. The Labute approximate surface area is 81.2 Å². The van der Waals surface area contributed by atoms with Crippen molar-refractivity contribution in [3.63, 3.8) is 0 Å². The fourth-order valence-electron chi connectivity index (χ4n) is 1.30. The number of quaternary nitrogens is 1. The molecular formula is C10H24NO2+. The summed E-state index contributed by atoms with van der Waals surface area (Å²) in [5.74, 6) is 0. The smallest absolute Gasteiger partial charge is 0.126 e. The third-order valence-corrected chi connectivity index (χ3v) is 2.28. The lowest BCUT2D eigenvalue weighted by atomic mass is 10.1. The van der Waals surface area contributed by atoms with Gasteiger partial charge in [-0.15, -0.1) is 0 Å². The first kappa shape index (κ1) is 12.9. The second-order valence-corrected chi connectivity index (χ2v) is 3.78. The van der Waals surface area contributed by atoms with E-state index in [4.69, 9.17) is 10.2 Å². The molecule has 2 atom stereocenters. The standard InChI is InChI=1S/C10H23NO2/c1-3-4-5-6-9(2)11-7-10(13)8-12/h9-13H,3-8H2,1-2H3/p+1. The predicted molar refractivity (Wildman–Crippen MR) is 53.5 cm³/mol. The van der Waals surface area contributed by atoms with Crippen molar-refractivity contribution in [2.24, 2.45) is 0 Å². The molecule has 0 bridgehead atoms. The lowest BCUT2D eigenvalue weighted by Crippen LogP contribution is -2.91. The van der Waals surface area contributed by atoms with Crippen LogP contribution in [0.4, 0.5) is 0 Å². The second kappa shape index (κ2) is 8.48. The van der Waals surface area contributed by atoms with Gasteiger partial charge in [0.1, 0.15) is 12.6 Å². The normalized spacial score (nSPS) is 15.7. The van der Waals surface area contributed by atoms with Crippen LogP contribution in [0.25, 0.3) is 0 Å². The van der Waals surface area contributed by atoms with E-state index in [2.05, 4.69) is 19.2 Å². The van der Waals surface area contributed by atoms with Crippen molar-refractivity contribution < 1.29 is 15.5 Å². The minimum absolute atomic E-state index is 0.127. The van der Waals surface area contributed by atoms with Crippen LogP contribution < -0.4 is 5.32 Å². The summed E-state index contributed by atoms with van der Waals surface area (Å²) in [7, 11) is 0. The fraction of sp³-hybridized carbons (Fsp3) is 1.00. The Hall–Kier alpha value is -0.120. The van der Waals surface area contributed by atoms with E-state index < -0.39 is 6.10 Å². The molecule has 0 fully saturated rings. The molecule has 0 aliphatic rings. The highest BCUT2D eigenvalue weighted by atomic mass is 16.3. The Bertz CT molecular complexity index is 109. The highest BCUT2D eigenvalue weighted by Gasteiger charge is 2.08. The Morgan fingerprint density at radius 2 is 2.00 bits per heavy atom. The molecule has 2 unspecified atom stereocenters. The van der Waals surface area contributed by atoms with Gasteiger partial charge in [0.2, 0.25) is 0 Å². The average molecular weight is 190 g/mol. The van der Waals surface area contributed by atoms with Crippen LogP contribution in [-0.2, 0) is 0 Å². The van der Waals surface area contributed by atoms with E-state index in [0.717, 1.165) is 0 Å². The van der Waals surface area contributed by atoms with Crippen molar-refractivity contribution in [2.75, 3.05) is 13.2 Å². The molecule has 0 aromatic rings. The van der Waals surface area contributed by atoms with Gasteiger partial charge in [-0.2, -0.15) is 0 Å². The third-order valence-electron chi connectivity index (χ3n) is 2.28. The summed E-state index contributed by atoms with van der Waals surface area (Å²) in [5.41, 5.74) is 0. The van der Waals surface area contributed by atoms with E-state index in [1.165, 1.54) is 25.7 Å². The summed E-state index contributed by atoms with van der Waals surface area (Å²) in [6.45, 7) is 4.85. The first-order valence-corrected chi connectivity index (χ1v) is 5.33. The molecule has 0 aromatic heterocycles. The summed E-state index contributed by atoms with van der Waals surface area (Å²) >= 11 is 0. The minimum Gasteiger partial charge on any atom is -0.393 e. The first-order valence-electron chi connectivity index (χ1n) is 5.33. The van der Waals surface area contributed by atoms with Crippen LogP contribution in [0.2, 0.25) is 0 Å². The van der Waals surface area contributed by atoms with E-state index in [0.29, 0.717) is 12.6 Å². The summed E-state index contributed by atoms with van der Waals surface area (Å²) in [5, 5.41) is 19.8. The van der Waals surface area contributed by atoms with Gasteiger partial charge in [-0.1, -0.05) is 19.8 Å². The summed E-state index contributed by atoms with van der Waals surface area (Å²) in [6, 6.07) is 0.563. The van der Waals surface area contributed by atoms with E-state index in [9.17, 15) is 0 Å². The molecule has 0 aliphatic carbocycles. The van der Waals surface area contributed by atoms with Gasteiger partial charge in [0, 0.05) is 0 Å². The van der Waals surface area contributed by atoms with Crippen molar-refractivity contribution in [3.8, 4) is 0 Å². The molecule has 0 spiro atoms. The van der Waals surface area contributed by atoms with Crippen molar-refractivity contribution in [3.05, 3.63) is 0 Å². The van der Waals surface area contributed by atoms with E-state index in [-0.39, 0.29) is 6.61 Å². The van der Waals surface area contributed by atoms with Gasteiger partial charge < -0.3 is 15.5 Å². The molecule has 0 aliphatic heterocycles. The van der Waals surface area contributed by atoms with E-state index in [1.54, 1.807) is 0 Å². The number of aliphatic hydroxyl groups is 2. The van der Waals surface area contributed by atoms with Crippen LogP contribution in [0.5, 0.6) is 0 Å². The van der Waals surface area contributed by atoms with Gasteiger partial charge in [-0.25, -0.2) is 0 Å². The molecular weight excluding hydrogens is 166 g/mol. The highest BCUT2D eigenvalue weighted by molar-refractivity contribution is 4.50. The molecule has 0 aromatic carbocycles. The fourth-order valence-corrected chi connectivity index (χ4v) is 1.30. The van der Waals surface area contributed by atoms with Gasteiger partial charge >= 0.3 is 0 Å². The number of nitrogens with two attached hydrogens (primary N) is 1. The molecule has 3 heteroatoms. The largest absolute Gasteiger partial charge is 0.393 e. The number of hydrogen-bond acceptors (Lipinski definition) is 2. The summed E-state index contributed by atoms with van der Waals surface area (Å²) in [4.78, 5) is 0. The van der Waals surface area contributed by atoms with Crippen LogP contribution in [-0.4, -0.2) is 35.5 Å². The first-order chi connectivity index (χ1) is 6.20. The second-order valence-electron chi connectivity index (χ2n) is 3.78. The van der Waals surface area contributed by atoms with Crippen molar-refractivity contribution in [1.82, 2.24) is 0 Å². The Morgan fingerprint density at radius 1 is 1.31 bits per heavy atom. The molecule has 0 saturated carbocycles. The van der Waals surface area contributed by atoms with Crippen LogP contribution in [0.15, 0.2) is 0 Å². The van der Waals surface area contributed by atoms with Gasteiger partial charge in [0.05, 0.1) is 12.6 Å². The maximum Gasteiger partial charge on any atom is 0.126 e. The maximum atomic E-state index is 9.10. The molecule has 80 valence electrons. The number of unbranched alkanes of at least 4 members (excludes halogenated alkanes) is 2. The van der Waals surface area contributed by atoms with Crippen LogP contribution in [0.1, 0.15) is 39.5 Å². The summed E-state index contributed by atoms with van der Waals surface area (Å²) in [6.07, 6.45) is 4.45. The Morgan fingerprint density at radius 3 is 2.54 bits per heavy atom. The average Bonchev–Trinajstić information content (AvgIpc) is 2.14. The Balaban J connectivity index is 3.24. The predicted octanol–water partition coefficient (Wildman–Crippen LogP) is -0.128. The Kier molecular flexibility index (Phi) is 8.40. The van der Waals surface area contributed by atoms with Crippen molar-refractivity contribution >= 4 is 0 Å². The molecule has 3 nitrogen and oxygen atoms in total. The van der Waals surface area contributed by atoms with Gasteiger partial charge in [-0.05, 0) is 19.8 Å². The SMILES string of the molecule is CCCCCC(C)[NH2+]CC(O)CO. The van der Waals surface area contributed by atoms with Crippen molar-refractivity contribution in [1.29, 1.82) is 0 Å². The quantitative estimate of drug-likeness (QED) is 0.467. The summed E-state index contributed by atoms with van der Waals surface area (Å²) < 4.78 is 0. The zero-order chi connectivity index (χ0) is 10.1. The maximum absolute atomic E-state index is 9.10. The molecule has 13 heavy (non-hydrogen) atoms. The highest BCUT2D eigenvalue weighted by Crippen LogP contribution is 1.99.